The van der Waals surface area contributed by atoms with Crippen LogP contribution in [0.2, 0.25) is 0 Å². The van der Waals surface area contributed by atoms with E-state index in [1.807, 2.05) is 0 Å². The molecule has 120 valence electrons. The number of aliphatic hydroxyl groups is 1. The molecule has 4 aliphatic rings. The Morgan fingerprint density at radius 1 is 1.19 bits per heavy atom. The van der Waals surface area contributed by atoms with Crippen LogP contribution in [0.5, 0.6) is 0 Å². The van der Waals surface area contributed by atoms with Crippen LogP contribution in [0, 0.1) is 23.2 Å². The van der Waals surface area contributed by atoms with Gasteiger partial charge in [0.15, 0.2) is 0 Å². The summed E-state index contributed by atoms with van der Waals surface area (Å²) in [7, 11) is -4.00. The smallest absolute Gasteiger partial charge is 0.312 e. The Labute approximate surface area is 124 Å². The summed E-state index contributed by atoms with van der Waals surface area (Å²) in [5, 5.41) is 10.2. The van der Waals surface area contributed by atoms with Crippen molar-refractivity contribution in [3.8, 4) is 0 Å². The second-order valence-corrected chi connectivity index (χ2v) is 8.59. The third-order valence-corrected chi connectivity index (χ3v) is 6.24. The highest BCUT2D eigenvalue weighted by molar-refractivity contribution is 7.85. The Balaban J connectivity index is 1.58. The summed E-state index contributed by atoms with van der Waals surface area (Å²) in [6, 6.07) is 0. The van der Waals surface area contributed by atoms with Gasteiger partial charge in [0.05, 0.1) is 23.9 Å². The van der Waals surface area contributed by atoms with Crippen molar-refractivity contribution < 1.29 is 27.6 Å². The molecule has 0 heterocycles. The van der Waals surface area contributed by atoms with Crippen LogP contribution in [0.1, 0.15) is 38.5 Å². The van der Waals surface area contributed by atoms with Gasteiger partial charge in [-0.2, -0.15) is 8.42 Å². The molecule has 21 heavy (non-hydrogen) atoms. The van der Waals surface area contributed by atoms with Crippen molar-refractivity contribution in [1.82, 2.24) is 0 Å². The Hall–Kier alpha value is -0.660. The fourth-order valence-corrected chi connectivity index (χ4v) is 5.29. The first-order valence-corrected chi connectivity index (χ1v) is 9.20. The molecule has 0 aromatic carbocycles. The average Bonchev–Trinajstić information content (AvgIpc) is 2.38. The number of ether oxygens (including phenoxy) is 1. The average molecular weight is 318 g/mol. The molecule has 4 rings (SSSR count). The summed E-state index contributed by atoms with van der Waals surface area (Å²) in [5.74, 6) is 0.295. The zero-order valence-corrected chi connectivity index (χ0v) is 12.7. The second-order valence-electron chi connectivity index (χ2n) is 7.02. The molecule has 0 saturated heterocycles. The van der Waals surface area contributed by atoms with E-state index in [2.05, 4.69) is 0 Å². The van der Waals surface area contributed by atoms with Crippen LogP contribution in [0.3, 0.4) is 0 Å². The predicted octanol–water partition coefficient (Wildman–Crippen LogP) is 0.995. The number of aliphatic hydroxyl groups excluding tert-OH is 1. The predicted molar refractivity (Wildman–Crippen MR) is 74.0 cm³/mol. The van der Waals surface area contributed by atoms with E-state index in [-0.39, 0.29) is 42.7 Å². The van der Waals surface area contributed by atoms with Gasteiger partial charge in [0.25, 0.3) is 10.1 Å². The van der Waals surface area contributed by atoms with Crippen molar-refractivity contribution in [2.75, 3.05) is 12.4 Å². The van der Waals surface area contributed by atoms with Crippen molar-refractivity contribution in [1.29, 1.82) is 0 Å². The Morgan fingerprint density at radius 2 is 1.81 bits per heavy atom. The second kappa shape index (κ2) is 5.21. The van der Waals surface area contributed by atoms with Gasteiger partial charge in [-0.1, -0.05) is 0 Å². The lowest BCUT2D eigenvalue weighted by Gasteiger charge is -2.57. The molecule has 0 radical (unpaired) electrons. The number of rotatable bonds is 5. The van der Waals surface area contributed by atoms with Gasteiger partial charge in [0.2, 0.25) is 0 Å². The van der Waals surface area contributed by atoms with Crippen LogP contribution >= 0.6 is 0 Å². The molecule has 0 aromatic heterocycles. The first-order chi connectivity index (χ1) is 9.79. The largest absolute Gasteiger partial charge is 0.465 e. The van der Waals surface area contributed by atoms with E-state index < -0.39 is 15.5 Å². The van der Waals surface area contributed by atoms with E-state index in [1.165, 1.54) is 0 Å². The van der Waals surface area contributed by atoms with Gasteiger partial charge in [0.1, 0.15) is 0 Å². The van der Waals surface area contributed by atoms with Crippen molar-refractivity contribution >= 4 is 16.1 Å². The molecule has 2 N–H and O–H groups in total. The fourth-order valence-electron chi connectivity index (χ4n) is 4.81. The number of carbonyl (C=O) groups is 1. The van der Waals surface area contributed by atoms with Crippen LogP contribution in [-0.2, 0) is 19.6 Å². The van der Waals surface area contributed by atoms with Crippen LogP contribution in [0.25, 0.3) is 0 Å². The molecule has 4 saturated carbocycles. The molecule has 2 unspecified atom stereocenters. The maximum Gasteiger partial charge on any atom is 0.312 e. The summed E-state index contributed by atoms with van der Waals surface area (Å²) >= 11 is 0. The van der Waals surface area contributed by atoms with Gasteiger partial charge in [0, 0.05) is 0 Å². The molecule has 4 fully saturated rings. The van der Waals surface area contributed by atoms with Crippen LogP contribution in [0.15, 0.2) is 0 Å². The highest BCUT2D eigenvalue weighted by atomic mass is 32.2. The van der Waals surface area contributed by atoms with Crippen LogP contribution in [-0.4, -0.2) is 42.5 Å². The third kappa shape index (κ3) is 2.96. The van der Waals surface area contributed by atoms with Crippen molar-refractivity contribution in [2.45, 2.75) is 44.6 Å². The SMILES string of the molecule is O=C(OCCCS(=O)(=O)O)C12CC3CC(C1)C(O)C(C3)C2. The lowest BCUT2D eigenvalue weighted by atomic mass is 9.48. The minimum atomic E-state index is -4.00. The Bertz CT molecular complexity index is 512. The molecule has 4 aliphatic carbocycles. The lowest BCUT2D eigenvalue weighted by molar-refractivity contribution is -0.184. The molecule has 0 amide bonds. The van der Waals surface area contributed by atoms with E-state index in [4.69, 9.17) is 9.29 Å². The van der Waals surface area contributed by atoms with Gasteiger partial charge < -0.3 is 9.84 Å². The molecule has 0 spiro atoms. The first-order valence-electron chi connectivity index (χ1n) is 7.59. The zero-order valence-electron chi connectivity index (χ0n) is 11.9. The highest BCUT2D eigenvalue weighted by Gasteiger charge is 2.58. The topological polar surface area (TPSA) is 101 Å². The number of carbonyl (C=O) groups excluding carboxylic acids is 1. The third-order valence-electron chi connectivity index (χ3n) is 5.44. The normalized spacial score (nSPS) is 41.2. The zero-order chi connectivity index (χ0) is 15.3. The van der Waals surface area contributed by atoms with Crippen LogP contribution < -0.4 is 0 Å². The Morgan fingerprint density at radius 3 is 2.38 bits per heavy atom. The van der Waals surface area contributed by atoms with E-state index in [0.717, 1.165) is 19.3 Å². The maximum absolute atomic E-state index is 12.4. The molecule has 6 nitrogen and oxygen atoms in total. The monoisotopic (exact) mass is 318 g/mol. The molecule has 4 bridgehead atoms. The summed E-state index contributed by atoms with van der Waals surface area (Å²) in [6.07, 6.45) is 4.08. The van der Waals surface area contributed by atoms with Crippen molar-refractivity contribution in [3.05, 3.63) is 0 Å². The maximum atomic E-state index is 12.4. The number of esters is 1. The molecular formula is C14H22O6S. The lowest BCUT2D eigenvalue weighted by Crippen LogP contribution is -2.56. The van der Waals surface area contributed by atoms with Gasteiger partial charge in [-0.15, -0.1) is 0 Å². The number of hydrogen-bond donors (Lipinski definition) is 2. The van der Waals surface area contributed by atoms with Crippen LogP contribution in [0.4, 0.5) is 0 Å². The Kier molecular flexibility index (Phi) is 3.78. The number of hydrogen-bond acceptors (Lipinski definition) is 5. The van der Waals surface area contributed by atoms with Gasteiger partial charge in [-0.05, 0) is 56.3 Å². The molecular weight excluding hydrogens is 296 g/mol. The highest BCUT2D eigenvalue weighted by Crippen LogP contribution is 2.60. The van der Waals surface area contributed by atoms with E-state index in [1.54, 1.807) is 0 Å². The minimum absolute atomic E-state index is 0.0168. The first kappa shape index (κ1) is 15.2. The van der Waals surface area contributed by atoms with E-state index >= 15 is 0 Å². The summed E-state index contributed by atoms with van der Waals surface area (Å²) in [4.78, 5) is 12.4. The molecule has 0 aromatic rings. The molecule has 7 heteroatoms. The van der Waals surface area contributed by atoms with E-state index in [9.17, 15) is 18.3 Å². The van der Waals surface area contributed by atoms with Crippen molar-refractivity contribution in [3.63, 3.8) is 0 Å². The standard InChI is InChI=1S/C14H22O6S/c15-12-10-4-9-5-11(12)8-14(6-9,7-10)13(16)20-2-1-3-21(17,18)19/h9-12,15H,1-8H2,(H,17,18,19). The van der Waals surface area contributed by atoms with E-state index in [0.29, 0.717) is 18.8 Å². The van der Waals surface area contributed by atoms with Crippen molar-refractivity contribution in [2.24, 2.45) is 23.2 Å². The minimum Gasteiger partial charge on any atom is -0.465 e. The fraction of sp³-hybridized carbons (Fsp3) is 0.929. The molecule has 2 atom stereocenters. The summed E-state index contributed by atoms with van der Waals surface area (Å²) in [5.41, 5.74) is -0.464. The van der Waals surface area contributed by atoms with Gasteiger partial charge in [-0.3, -0.25) is 9.35 Å². The quantitative estimate of drug-likeness (QED) is 0.445. The van der Waals surface area contributed by atoms with Gasteiger partial charge in [-0.25, -0.2) is 0 Å². The molecule has 0 aliphatic heterocycles. The summed E-state index contributed by atoms with van der Waals surface area (Å²) < 4.78 is 35.1. The summed E-state index contributed by atoms with van der Waals surface area (Å²) in [6.45, 7) is 0.0168. The van der Waals surface area contributed by atoms with Gasteiger partial charge >= 0.3 is 5.97 Å².